The third-order valence-electron chi connectivity index (χ3n) is 3.35. The quantitative estimate of drug-likeness (QED) is 0.756. The number of halogens is 1. The monoisotopic (exact) mass is 319 g/mol. The van der Waals surface area contributed by atoms with Crippen molar-refractivity contribution in [1.82, 2.24) is 4.90 Å². The Balaban J connectivity index is 2.23. The minimum atomic E-state index is -3.89. The Hall–Kier alpha value is -1.01. The van der Waals surface area contributed by atoms with Crippen molar-refractivity contribution in [1.29, 1.82) is 0 Å². The van der Waals surface area contributed by atoms with E-state index in [2.05, 4.69) is 6.92 Å². The molecule has 1 saturated carbocycles. The van der Waals surface area contributed by atoms with Crippen molar-refractivity contribution in [3.8, 4) is 0 Å². The van der Waals surface area contributed by atoms with Crippen LogP contribution >= 0.6 is 10.7 Å². The number of amides is 1. The van der Waals surface area contributed by atoms with Crippen molar-refractivity contribution < 1.29 is 17.6 Å². The summed E-state index contributed by atoms with van der Waals surface area (Å²) in [5, 5.41) is 0. The van der Waals surface area contributed by atoms with E-state index in [1.807, 2.05) is 0 Å². The smallest absolute Gasteiger partial charge is 0.289 e. The van der Waals surface area contributed by atoms with E-state index in [1.165, 1.54) is 13.0 Å². The Bertz CT molecular complexity index is 604. The molecule has 1 amide bonds. The molecular weight excluding hydrogens is 302 g/mol. The van der Waals surface area contributed by atoms with Gasteiger partial charge in [-0.3, -0.25) is 4.79 Å². The maximum absolute atomic E-state index is 12.4. The fourth-order valence-electron chi connectivity index (χ4n) is 2.12. The van der Waals surface area contributed by atoms with Gasteiger partial charge in [-0.15, -0.1) is 0 Å². The summed E-state index contributed by atoms with van der Waals surface area (Å²) in [6, 6.07) is 1.48. The highest BCUT2D eigenvalue weighted by Crippen LogP contribution is 2.30. The van der Waals surface area contributed by atoms with Gasteiger partial charge in [0.2, 0.25) is 0 Å². The Morgan fingerprint density at radius 3 is 2.60 bits per heavy atom. The van der Waals surface area contributed by atoms with Crippen LogP contribution in [0.4, 0.5) is 0 Å². The molecule has 1 fully saturated rings. The number of furan rings is 1. The third-order valence-corrected chi connectivity index (χ3v) is 4.78. The van der Waals surface area contributed by atoms with Gasteiger partial charge in [0, 0.05) is 29.3 Å². The molecule has 1 aromatic heterocycles. The molecule has 0 unspecified atom stereocenters. The molecule has 0 bridgehead atoms. The number of unbranched alkanes of at least 4 members (excludes halogenated alkanes) is 1. The molecular formula is C13H18ClNO4S. The SMILES string of the molecule is CCCCN(C(=O)c1cc(S(=O)(=O)Cl)c(C)o1)C1CC1. The van der Waals surface area contributed by atoms with Gasteiger partial charge in [-0.2, -0.15) is 0 Å². The zero-order valence-electron chi connectivity index (χ0n) is 11.6. The number of aryl methyl sites for hydroxylation is 1. The second kappa shape index (κ2) is 5.77. The minimum Gasteiger partial charge on any atom is -0.455 e. The Morgan fingerprint density at radius 2 is 2.15 bits per heavy atom. The predicted octanol–water partition coefficient (Wildman–Crippen LogP) is 2.92. The molecule has 1 heterocycles. The van der Waals surface area contributed by atoms with Gasteiger partial charge in [0.1, 0.15) is 10.7 Å². The molecule has 5 nitrogen and oxygen atoms in total. The van der Waals surface area contributed by atoms with E-state index in [0.29, 0.717) is 6.54 Å². The molecule has 1 aliphatic rings. The molecule has 0 radical (unpaired) electrons. The summed E-state index contributed by atoms with van der Waals surface area (Å²) in [6.45, 7) is 4.22. The van der Waals surface area contributed by atoms with E-state index in [1.54, 1.807) is 4.90 Å². The van der Waals surface area contributed by atoms with Crippen LogP contribution in [0.5, 0.6) is 0 Å². The molecule has 0 aliphatic heterocycles. The van der Waals surface area contributed by atoms with Crippen molar-refractivity contribution in [2.75, 3.05) is 6.54 Å². The summed E-state index contributed by atoms with van der Waals surface area (Å²) in [6.07, 6.45) is 3.91. The van der Waals surface area contributed by atoms with Crippen LogP contribution in [0, 0.1) is 6.92 Å². The van der Waals surface area contributed by atoms with Crippen molar-refractivity contribution in [2.24, 2.45) is 0 Å². The summed E-state index contributed by atoms with van der Waals surface area (Å²) in [5.74, 6) is -0.0602. The van der Waals surface area contributed by atoms with Crippen molar-refractivity contribution in [3.63, 3.8) is 0 Å². The number of hydrogen-bond acceptors (Lipinski definition) is 4. The maximum atomic E-state index is 12.4. The van der Waals surface area contributed by atoms with Gasteiger partial charge >= 0.3 is 0 Å². The summed E-state index contributed by atoms with van der Waals surface area (Å²) in [7, 11) is 1.42. The lowest BCUT2D eigenvalue weighted by molar-refractivity contribution is 0.0707. The largest absolute Gasteiger partial charge is 0.455 e. The van der Waals surface area contributed by atoms with E-state index < -0.39 is 9.05 Å². The second-order valence-electron chi connectivity index (χ2n) is 5.05. The molecule has 0 spiro atoms. The highest BCUT2D eigenvalue weighted by atomic mass is 35.7. The van der Waals surface area contributed by atoms with Crippen LogP contribution in [-0.4, -0.2) is 31.8 Å². The first kappa shape index (κ1) is 15.4. The fraction of sp³-hybridized carbons (Fsp3) is 0.615. The molecule has 20 heavy (non-hydrogen) atoms. The zero-order valence-corrected chi connectivity index (χ0v) is 13.1. The lowest BCUT2D eigenvalue weighted by Gasteiger charge is -2.20. The van der Waals surface area contributed by atoms with Gasteiger partial charge in [-0.1, -0.05) is 13.3 Å². The minimum absolute atomic E-state index is 0.0460. The number of carbonyl (C=O) groups excluding carboxylic acids is 1. The van der Waals surface area contributed by atoms with Crippen LogP contribution in [0.3, 0.4) is 0 Å². The number of hydrogen-bond donors (Lipinski definition) is 0. The van der Waals surface area contributed by atoms with Gasteiger partial charge in [0.25, 0.3) is 15.0 Å². The Labute approximate surface area is 123 Å². The van der Waals surface area contributed by atoms with E-state index in [-0.39, 0.29) is 28.4 Å². The maximum Gasteiger partial charge on any atom is 0.289 e. The second-order valence-corrected chi connectivity index (χ2v) is 7.59. The van der Waals surface area contributed by atoms with E-state index in [9.17, 15) is 13.2 Å². The Kier molecular flexibility index (Phi) is 4.44. The number of rotatable bonds is 6. The van der Waals surface area contributed by atoms with Gasteiger partial charge in [-0.25, -0.2) is 8.42 Å². The molecule has 2 rings (SSSR count). The van der Waals surface area contributed by atoms with Crippen molar-refractivity contribution in [2.45, 2.75) is 50.5 Å². The highest BCUT2D eigenvalue weighted by Gasteiger charge is 2.34. The van der Waals surface area contributed by atoms with Gasteiger partial charge in [-0.05, 0) is 26.2 Å². The van der Waals surface area contributed by atoms with Crippen molar-refractivity contribution in [3.05, 3.63) is 17.6 Å². The highest BCUT2D eigenvalue weighted by molar-refractivity contribution is 8.13. The summed E-state index contributed by atoms with van der Waals surface area (Å²) in [5.41, 5.74) is 0. The molecule has 0 N–H and O–H groups in total. The molecule has 1 aliphatic carbocycles. The lowest BCUT2D eigenvalue weighted by Crippen LogP contribution is -2.33. The predicted molar refractivity (Wildman–Crippen MR) is 75.5 cm³/mol. The van der Waals surface area contributed by atoms with E-state index in [4.69, 9.17) is 15.1 Å². The van der Waals surface area contributed by atoms with Crippen LogP contribution in [0.2, 0.25) is 0 Å². The average Bonchev–Trinajstić information content (AvgIpc) is 3.10. The Morgan fingerprint density at radius 1 is 1.50 bits per heavy atom. The molecule has 112 valence electrons. The normalized spacial score (nSPS) is 15.3. The molecule has 0 aromatic carbocycles. The van der Waals surface area contributed by atoms with Gasteiger partial charge in [0.05, 0.1) is 0 Å². The van der Waals surface area contributed by atoms with Crippen LogP contribution in [-0.2, 0) is 9.05 Å². The first-order valence-corrected chi connectivity index (χ1v) is 9.01. The number of nitrogens with zero attached hydrogens (tertiary/aromatic N) is 1. The standard InChI is InChI=1S/C13H18ClNO4S/c1-3-4-7-15(10-5-6-10)13(16)11-8-12(9(2)19-11)20(14,17)18/h8,10H,3-7H2,1-2H3. The number of carbonyl (C=O) groups is 1. The topological polar surface area (TPSA) is 67.6 Å². The van der Waals surface area contributed by atoms with Crippen LogP contribution in [0.1, 0.15) is 48.9 Å². The molecule has 1 aromatic rings. The fourth-order valence-corrected chi connectivity index (χ4v) is 3.21. The summed E-state index contributed by atoms with van der Waals surface area (Å²) in [4.78, 5) is 14.1. The third kappa shape index (κ3) is 3.35. The lowest BCUT2D eigenvalue weighted by atomic mass is 10.3. The van der Waals surface area contributed by atoms with Crippen LogP contribution in [0.15, 0.2) is 15.4 Å². The van der Waals surface area contributed by atoms with Crippen LogP contribution < -0.4 is 0 Å². The first-order chi connectivity index (χ1) is 9.34. The van der Waals surface area contributed by atoms with Gasteiger partial charge in [0.15, 0.2) is 5.76 Å². The van der Waals surface area contributed by atoms with E-state index >= 15 is 0 Å². The zero-order chi connectivity index (χ0) is 14.9. The van der Waals surface area contributed by atoms with Gasteiger partial charge < -0.3 is 9.32 Å². The molecule has 0 saturated heterocycles. The van der Waals surface area contributed by atoms with E-state index in [0.717, 1.165) is 25.7 Å². The first-order valence-electron chi connectivity index (χ1n) is 6.70. The summed E-state index contributed by atoms with van der Waals surface area (Å²) < 4.78 is 28.0. The summed E-state index contributed by atoms with van der Waals surface area (Å²) >= 11 is 0. The van der Waals surface area contributed by atoms with Crippen LogP contribution in [0.25, 0.3) is 0 Å². The average molecular weight is 320 g/mol. The molecule has 0 atom stereocenters. The molecule has 7 heteroatoms. The van der Waals surface area contributed by atoms with Crippen molar-refractivity contribution >= 4 is 25.6 Å².